The number of amides is 1. The monoisotopic (exact) mass is 331 g/mol. The van der Waals surface area contributed by atoms with E-state index in [4.69, 9.17) is 4.74 Å². The molecule has 3 rings (SSSR count). The van der Waals surface area contributed by atoms with Gasteiger partial charge in [0.1, 0.15) is 11.9 Å². The van der Waals surface area contributed by atoms with E-state index in [1.54, 1.807) is 11.3 Å². The van der Waals surface area contributed by atoms with E-state index in [2.05, 4.69) is 4.98 Å². The van der Waals surface area contributed by atoms with Crippen LogP contribution in [0.1, 0.15) is 16.7 Å². The number of ether oxygens (including phenoxy) is 1. The molecule has 1 saturated heterocycles. The van der Waals surface area contributed by atoms with Gasteiger partial charge in [0.2, 0.25) is 5.91 Å². The Morgan fingerprint density at radius 3 is 3.00 bits per heavy atom. The van der Waals surface area contributed by atoms with Crippen molar-refractivity contribution in [2.24, 2.45) is 0 Å². The van der Waals surface area contributed by atoms with Crippen molar-refractivity contribution >= 4 is 23.1 Å². The molecule has 3 heterocycles. The van der Waals surface area contributed by atoms with Gasteiger partial charge in [-0.25, -0.2) is 4.98 Å². The lowest BCUT2D eigenvalue weighted by Crippen LogP contribution is -2.43. The summed E-state index contributed by atoms with van der Waals surface area (Å²) in [6.07, 6.45) is 0.311. The molecule has 0 aliphatic carbocycles. The number of aromatic nitrogens is 1. The standard InChI is InChI=1S/C17H21N3O2S/c1-19(2)16-7-3-6-14(18-16)15-12-20(8-9-22-15)17(21)11-13-5-4-10-23-13/h3-7,10,15H,8-9,11-12H2,1-2H3/t15-/m0/s1. The Bertz CT molecular complexity index is 658. The van der Waals surface area contributed by atoms with Crippen LogP contribution in [0.15, 0.2) is 35.7 Å². The van der Waals surface area contributed by atoms with Gasteiger partial charge in [0, 0.05) is 25.5 Å². The third kappa shape index (κ3) is 3.89. The lowest BCUT2D eigenvalue weighted by atomic mass is 10.1. The minimum Gasteiger partial charge on any atom is -0.368 e. The van der Waals surface area contributed by atoms with Gasteiger partial charge in [-0.1, -0.05) is 12.1 Å². The predicted octanol–water partition coefficient (Wildman–Crippen LogP) is 2.35. The van der Waals surface area contributed by atoms with Crippen molar-refractivity contribution in [3.63, 3.8) is 0 Å². The summed E-state index contributed by atoms with van der Waals surface area (Å²) in [6, 6.07) is 9.89. The lowest BCUT2D eigenvalue weighted by Gasteiger charge is -2.33. The molecular weight excluding hydrogens is 310 g/mol. The van der Waals surface area contributed by atoms with Crippen molar-refractivity contribution in [1.29, 1.82) is 0 Å². The highest BCUT2D eigenvalue weighted by Gasteiger charge is 2.26. The molecule has 2 aromatic rings. The number of anilines is 1. The summed E-state index contributed by atoms with van der Waals surface area (Å²) in [7, 11) is 3.93. The summed E-state index contributed by atoms with van der Waals surface area (Å²) in [4.78, 5) is 22.1. The molecule has 122 valence electrons. The molecule has 0 spiro atoms. The van der Waals surface area contributed by atoms with Gasteiger partial charge < -0.3 is 14.5 Å². The van der Waals surface area contributed by atoms with Gasteiger partial charge in [-0.3, -0.25) is 4.79 Å². The van der Waals surface area contributed by atoms with E-state index in [9.17, 15) is 4.79 Å². The van der Waals surface area contributed by atoms with Gasteiger partial charge in [0.25, 0.3) is 0 Å². The maximum Gasteiger partial charge on any atom is 0.228 e. The molecule has 5 nitrogen and oxygen atoms in total. The van der Waals surface area contributed by atoms with Crippen molar-refractivity contribution in [1.82, 2.24) is 9.88 Å². The Balaban J connectivity index is 1.68. The highest BCUT2D eigenvalue weighted by Crippen LogP contribution is 2.23. The molecule has 1 aliphatic rings. The fraction of sp³-hybridized carbons (Fsp3) is 0.412. The van der Waals surface area contributed by atoms with E-state index in [1.807, 2.05) is 59.6 Å². The molecule has 0 bridgehead atoms. The fourth-order valence-corrected chi connectivity index (χ4v) is 3.29. The highest BCUT2D eigenvalue weighted by molar-refractivity contribution is 7.10. The SMILES string of the molecule is CN(C)c1cccc([C@@H]2CN(C(=O)Cc3cccs3)CCO2)n1. The molecular formula is C17H21N3O2S. The molecule has 0 unspecified atom stereocenters. The molecule has 1 fully saturated rings. The molecule has 0 radical (unpaired) electrons. The normalized spacial score (nSPS) is 18.0. The summed E-state index contributed by atoms with van der Waals surface area (Å²) in [5.74, 6) is 1.05. The van der Waals surface area contributed by atoms with Gasteiger partial charge in [-0.05, 0) is 23.6 Å². The van der Waals surface area contributed by atoms with Crippen molar-refractivity contribution in [3.05, 3.63) is 46.3 Å². The van der Waals surface area contributed by atoms with Gasteiger partial charge in [0.15, 0.2) is 0 Å². The fourth-order valence-electron chi connectivity index (χ4n) is 2.60. The second kappa shape index (κ2) is 7.10. The summed E-state index contributed by atoms with van der Waals surface area (Å²) in [5, 5.41) is 2.00. The van der Waals surface area contributed by atoms with Crippen LogP contribution < -0.4 is 4.90 Å². The second-order valence-electron chi connectivity index (χ2n) is 5.77. The van der Waals surface area contributed by atoms with Crippen molar-refractivity contribution in [3.8, 4) is 0 Å². The van der Waals surface area contributed by atoms with Gasteiger partial charge in [0.05, 0.1) is 25.3 Å². The van der Waals surface area contributed by atoms with Crippen LogP contribution in [-0.2, 0) is 16.0 Å². The van der Waals surface area contributed by atoms with Crippen LogP contribution in [0.25, 0.3) is 0 Å². The molecule has 0 aromatic carbocycles. The Labute approximate surface area is 140 Å². The van der Waals surface area contributed by atoms with Crippen molar-refractivity contribution in [2.45, 2.75) is 12.5 Å². The Morgan fingerprint density at radius 2 is 2.26 bits per heavy atom. The minimum atomic E-state index is -0.157. The average Bonchev–Trinajstić information content (AvgIpc) is 3.08. The average molecular weight is 331 g/mol. The molecule has 23 heavy (non-hydrogen) atoms. The first-order valence-electron chi connectivity index (χ1n) is 7.69. The van der Waals surface area contributed by atoms with E-state index < -0.39 is 0 Å². The number of carbonyl (C=O) groups excluding carboxylic acids is 1. The predicted molar refractivity (Wildman–Crippen MR) is 91.9 cm³/mol. The van der Waals surface area contributed by atoms with Crippen LogP contribution in [0.3, 0.4) is 0 Å². The Hall–Kier alpha value is -1.92. The number of pyridine rings is 1. The molecule has 6 heteroatoms. The maximum absolute atomic E-state index is 12.5. The molecule has 2 aromatic heterocycles. The zero-order chi connectivity index (χ0) is 16.2. The summed E-state index contributed by atoms with van der Waals surface area (Å²) >= 11 is 1.62. The third-order valence-electron chi connectivity index (χ3n) is 3.87. The van der Waals surface area contributed by atoms with Gasteiger partial charge >= 0.3 is 0 Å². The topological polar surface area (TPSA) is 45.7 Å². The zero-order valence-electron chi connectivity index (χ0n) is 13.4. The number of hydrogen-bond donors (Lipinski definition) is 0. The van der Waals surface area contributed by atoms with E-state index >= 15 is 0 Å². The first-order chi connectivity index (χ1) is 11.1. The smallest absolute Gasteiger partial charge is 0.228 e. The number of rotatable bonds is 4. The summed E-state index contributed by atoms with van der Waals surface area (Å²) in [6.45, 7) is 1.76. The lowest BCUT2D eigenvalue weighted by molar-refractivity contribution is -0.138. The first-order valence-corrected chi connectivity index (χ1v) is 8.57. The van der Waals surface area contributed by atoms with Crippen LogP contribution in [-0.4, -0.2) is 49.6 Å². The molecule has 1 atom stereocenters. The van der Waals surface area contributed by atoms with Crippen LogP contribution in [0.4, 0.5) is 5.82 Å². The van der Waals surface area contributed by atoms with Crippen molar-refractivity contribution in [2.75, 3.05) is 38.7 Å². The number of carbonyl (C=O) groups is 1. The molecule has 0 N–H and O–H groups in total. The molecule has 1 aliphatic heterocycles. The van der Waals surface area contributed by atoms with Crippen LogP contribution in [0.2, 0.25) is 0 Å². The van der Waals surface area contributed by atoms with Crippen LogP contribution >= 0.6 is 11.3 Å². The number of nitrogens with zero attached hydrogens (tertiary/aromatic N) is 3. The number of thiophene rings is 1. The largest absolute Gasteiger partial charge is 0.368 e. The first kappa shape index (κ1) is 16.0. The zero-order valence-corrected chi connectivity index (χ0v) is 14.3. The second-order valence-corrected chi connectivity index (χ2v) is 6.80. The van der Waals surface area contributed by atoms with E-state index in [1.165, 1.54) is 0 Å². The van der Waals surface area contributed by atoms with E-state index in [-0.39, 0.29) is 12.0 Å². The summed E-state index contributed by atoms with van der Waals surface area (Å²) in [5.41, 5.74) is 0.879. The Kier molecular flexibility index (Phi) is 4.93. The van der Waals surface area contributed by atoms with E-state index in [0.29, 0.717) is 26.1 Å². The van der Waals surface area contributed by atoms with Crippen LogP contribution in [0.5, 0.6) is 0 Å². The third-order valence-corrected chi connectivity index (χ3v) is 4.75. The van der Waals surface area contributed by atoms with Crippen LogP contribution in [0, 0.1) is 0 Å². The molecule has 1 amide bonds. The minimum absolute atomic E-state index is 0.157. The highest BCUT2D eigenvalue weighted by atomic mass is 32.1. The van der Waals surface area contributed by atoms with Gasteiger partial charge in [-0.2, -0.15) is 0 Å². The maximum atomic E-state index is 12.5. The van der Waals surface area contributed by atoms with Crippen molar-refractivity contribution < 1.29 is 9.53 Å². The number of hydrogen-bond acceptors (Lipinski definition) is 5. The molecule has 0 saturated carbocycles. The number of morpholine rings is 1. The summed E-state index contributed by atoms with van der Waals surface area (Å²) < 4.78 is 5.84. The van der Waals surface area contributed by atoms with Gasteiger partial charge in [-0.15, -0.1) is 11.3 Å². The van der Waals surface area contributed by atoms with E-state index in [0.717, 1.165) is 16.4 Å². The quantitative estimate of drug-likeness (QED) is 0.863. The Morgan fingerprint density at radius 1 is 1.39 bits per heavy atom.